The molecular weight excluding hydrogens is 434 g/mol. The van der Waals surface area contributed by atoms with E-state index in [9.17, 15) is 4.79 Å². The molecule has 3 aromatic carbocycles. The summed E-state index contributed by atoms with van der Waals surface area (Å²) in [6.45, 7) is 4.60. The molecule has 4 aromatic rings. The van der Waals surface area contributed by atoms with Crippen LogP contribution in [-0.4, -0.2) is 24.2 Å². The predicted octanol–water partition coefficient (Wildman–Crippen LogP) is 5.77. The van der Waals surface area contributed by atoms with Crippen LogP contribution in [0.3, 0.4) is 0 Å². The van der Waals surface area contributed by atoms with Crippen LogP contribution in [0.2, 0.25) is 0 Å². The number of nitrogens with one attached hydrogen (secondary N) is 1. The number of hydrogen-bond acceptors (Lipinski definition) is 4. The van der Waals surface area contributed by atoms with Crippen molar-refractivity contribution in [2.24, 2.45) is 17.1 Å². The van der Waals surface area contributed by atoms with Gasteiger partial charge in [-0.1, -0.05) is 72.7 Å². The Kier molecular flexibility index (Phi) is 6.69. The van der Waals surface area contributed by atoms with Crippen LogP contribution in [-0.2, 0) is 12.8 Å². The Morgan fingerprint density at radius 1 is 1.00 bits per heavy atom. The van der Waals surface area contributed by atoms with Gasteiger partial charge in [-0.15, -0.1) is 0 Å². The number of benzene rings is 3. The number of amides is 1. The standard InChI is InChI=1S/C30H33N3O2/c1-30(22-15-18-32-19-16-22,20-21-8-3-2-4-9-21)17-14-26-28-24(12-7-13-27(28)35-33-26)23-10-5-6-11-25(23)29(31)34/h2-13,22,32H,14-20H2,1H3,(H2,31,34). The van der Waals surface area contributed by atoms with Crippen molar-refractivity contribution in [1.82, 2.24) is 10.5 Å². The molecule has 5 rings (SSSR count). The van der Waals surface area contributed by atoms with Crippen molar-refractivity contribution >= 4 is 16.9 Å². The normalized spacial score (nSPS) is 16.3. The molecule has 5 nitrogen and oxygen atoms in total. The van der Waals surface area contributed by atoms with Crippen LogP contribution in [0.1, 0.15) is 47.8 Å². The van der Waals surface area contributed by atoms with Crippen molar-refractivity contribution in [3.8, 4) is 11.1 Å². The van der Waals surface area contributed by atoms with Crippen LogP contribution in [0.5, 0.6) is 0 Å². The minimum Gasteiger partial charge on any atom is -0.366 e. The third-order valence-electron chi connectivity index (χ3n) is 7.76. The average molecular weight is 468 g/mol. The van der Waals surface area contributed by atoms with Gasteiger partial charge in [0, 0.05) is 5.56 Å². The molecule has 0 aliphatic carbocycles. The maximum Gasteiger partial charge on any atom is 0.249 e. The van der Waals surface area contributed by atoms with E-state index in [1.165, 1.54) is 18.4 Å². The molecule has 2 heterocycles. The van der Waals surface area contributed by atoms with Crippen LogP contribution in [0.4, 0.5) is 0 Å². The zero-order valence-corrected chi connectivity index (χ0v) is 20.3. The zero-order valence-electron chi connectivity index (χ0n) is 20.3. The highest BCUT2D eigenvalue weighted by molar-refractivity contribution is 6.05. The number of carbonyl (C=O) groups excluding carboxylic acids is 1. The van der Waals surface area contributed by atoms with Crippen LogP contribution in [0.25, 0.3) is 22.1 Å². The van der Waals surface area contributed by atoms with Crippen LogP contribution >= 0.6 is 0 Å². The quantitative estimate of drug-likeness (QED) is 0.344. The maximum absolute atomic E-state index is 12.1. The maximum atomic E-state index is 12.1. The Bertz CT molecular complexity index is 1310. The molecule has 5 heteroatoms. The second kappa shape index (κ2) is 10.0. The molecule has 1 amide bonds. The van der Waals surface area contributed by atoms with Crippen molar-refractivity contribution in [3.05, 3.63) is 89.6 Å². The van der Waals surface area contributed by atoms with Gasteiger partial charge in [-0.2, -0.15) is 0 Å². The molecule has 0 saturated carbocycles. The third-order valence-corrected chi connectivity index (χ3v) is 7.76. The summed E-state index contributed by atoms with van der Waals surface area (Å²) in [5, 5.41) is 9.01. The number of nitrogens with zero attached hydrogens (tertiary/aromatic N) is 1. The second-order valence-electron chi connectivity index (χ2n) is 10.1. The lowest BCUT2D eigenvalue weighted by atomic mass is 9.66. The van der Waals surface area contributed by atoms with Gasteiger partial charge in [0.2, 0.25) is 5.91 Å². The van der Waals surface area contributed by atoms with E-state index in [0.717, 1.165) is 60.1 Å². The highest BCUT2D eigenvalue weighted by atomic mass is 16.5. The number of piperidine rings is 1. The fraction of sp³-hybridized carbons (Fsp3) is 0.333. The van der Waals surface area contributed by atoms with E-state index in [1.54, 1.807) is 6.07 Å². The van der Waals surface area contributed by atoms with E-state index in [1.807, 2.05) is 36.4 Å². The van der Waals surface area contributed by atoms with Gasteiger partial charge in [-0.3, -0.25) is 4.79 Å². The van der Waals surface area contributed by atoms with Gasteiger partial charge >= 0.3 is 0 Å². The zero-order chi connectivity index (χ0) is 24.3. The first-order valence-electron chi connectivity index (χ1n) is 12.6. The molecule has 1 aliphatic rings. The molecule has 180 valence electrons. The average Bonchev–Trinajstić information content (AvgIpc) is 3.32. The summed E-state index contributed by atoms with van der Waals surface area (Å²) in [4.78, 5) is 12.1. The van der Waals surface area contributed by atoms with E-state index in [2.05, 4.69) is 47.7 Å². The van der Waals surface area contributed by atoms with Crippen molar-refractivity contribution in [2.45, 2.75) is 39.0 Å². The monoisotopic (exact) mass is 467 g/mol. The number of rotatable bonds is 8. The first-order valence-corrected chi connectivity index (χ1v) is 12.6. The fourth-order valence-corrected chi connectivity index (χ4v) is 5.80. The number of hydrogen-bond donors (Lipinski definition) is 2. The highest BCUT2D eigenvalue weighted by Crippen LogP contribution is 2.42. The van der Waals surface area contributed by atoms with E-state index in [4.69, 9.17) is 10.3 Å². The smallest absolute Gasteiger partial charge is 0.249 e. The van der Waals surface area contributed by atoms with Gasteiger partial charge < -0.3 is 15.6 Å². The van der Waals surface area contributed by atoms with Crippen molar-refractivity contribution in [3.63, 3.8) is 0 Å². The van der Waals surface area contributed by atoms with Gasteiger partial charge in [0.25, 0.3) is 0 Å². The largest absolute Gasteiger partial charge is 0.366 e. The number of nitrogens with two attached hydrogens (primary N) is 1. The molecule has 1 atom stereocenters. The second-order valence-corrected chi connectivity index (χ2v) is 10.1. The Balaban J connectivity index is 1.49. The number of primary amides is 1. The topological polar surface area (TPSA) is 81.2 Å². The fourth-order valence-electron chi connectivity index (χ4n) is 5.80. The lowest BCUT2D eigenvalue weighted by Crippen LogP contribution is -2.39. The summed E-state index contributed by atoms with van der Waals surface area (Å²) >= 11 is 0. The number of carbonyl (C=O) groups is 1. The molecule has 0 radical (unpaired) electrons. The molecule has 1 saturated heterocycles. The summed E-state index contributed by atoms with van der Waals surface area (Å²) in [6.07, 6.45) is 5.27. The molecule has 0 bridgehead atoms. The van der Waals surface area contributed by atoms with Crippen LogP contribution in [0, 0.1) is 11.3 Å². The van der Waals surface area contributed by atoms with E-state index in [-0.39, 0.29) is 5.41 Å². The van der Waals surface area contributed by atoms with Crippen molar-refractivity contribution < 1.29 is 9.32 Å². The SMILES string of the molecule is CC(CCc1noc2cccc(-c3ccccc3C(N)=O)c12)(Cc1ccccc1)C1CCNCC1. The molecule has 1 aliphatic heterocycles. The Morgan fingerprint density at radius 3 is 2.49 bits per heavy atom. The van der Waals surface area contributed by atoms with Gasteiger partial charge in [-0.25, -0.2) is 0 Å². The Labute approximate surface area is 206 Å². The number of aromatic nitrogens is 1. The number of aryl methyl sites for hydroxylation is 1. The summed E-state index contributed by atoms with van der Waals surface area (Å²) in [5.41, 5.74) is 11.2. The van der Waals surface area contributed by atoms with Gasteiger partial charge in [-0.05, 0) is 85.3 Å². The lowest BCUT2D eigenvalue weighted by molar-refractivity contribution is 0.100. The van der Waals surface area contributed by atoms with Gasteiger partial charge in [0.15, 0.2) is 5.58 Å². The molecule has 1 unspecified atom stereocenters. The molecule has 3 N–H and O–H groups in total. The minimum atomic E-state index is -0.433. The summed E-state index contributed by atoms with van der Waals surface area (Å²) in [6, 6.07) is 24.2. The van der Waals surface area contributed by atoms with Crippen LogP contribution < -0.4 is 11.1 Å². The molecule has 1 fully saturated rings. The molecule has 0 spiro atoms. The van der Waals surface area contributed by atoms with Crippen molar-refractivity contribution in [2.75, 3.05) is 13.1 Å². The van der Waals surface area contributed by atoms with E-state index < -0.39 is 5.91 Å². The van der Waals surface area contributed by atoms with Crippen molar-refractivity contribution in [1.29, 1.82) is 0 Å². The first-order chi connectivity index (χ1) is 17.0. The first kappa shape index (κ1) is 23.3. The molecule has 35 heavy (non-hydrogen) atoms. The van der Waals surface area contributed by atoms with Gasteiger partial charge in [0.05, 0.1) is 11.1 Å². The summed E-state index contributed by atoms with van der Waals surface area (Å²) < 4.78 is 5.76. The molecular formula is C30H33N3O2. The van der Waals surface area contributed by atoms with Crippen LogP contribution in [0.15, 0.2) is 77.3 Å². The Hall–Kier alpha value is -3.44. The summed E-state index contributed by atoms with van der Waals surface area (Å²) in [5.74, 6) is 0.217. The highest BCUT2D eigenvalue weighted by Gasteiger charge is 2.35. The van der Waals surface area contributed by atoms with E-state index >= 15 is 0 Å². The molecule has 1 aromatic heterocycles. The Morgan fingerprint density at radius 2 is 1.71 bits per heavy atom. The van der Waals surface area contributed by atoms with E-state index in [0.29, 0.717) is 11.5 Å². The summed E-state index contributed by atoms with van der Waals surface area (Å²) in [7, 11) is 0. The lowest BCUT2D eigenvalue weighted by Gasteiger charge is -2.40. The third kappa shape index (κ3) is 4.87. The predicted molar refractivity (Wildman–Crippen MR) is 140 cm³/mol. The number of fused-ring (bicyclic) bond motifs is 1. The van der Waals surface area contributed by atoms with Gasteiger partial charge in [0.1, 0.15) is 0 Å². The minimum absolute atomic E-state index is 0.148.